The van der Waals surface area contributed by atoms with Crippen LogP contribution in [0.2, 0.25) is 0 Å². The van der Waals surface area contributed by atoms with E-state index in [-0.39, 0.29) is 5.91 Å². The average molecular weight is 326 g/mol. The molecule has 0 saturated heterocycles. The molecule has 1 atom stereocenters. The second-order valence-corrected chi connectivity index (χ2v) is 6.08. The summed E-state index contributed by atoms with van der Waals surface area (Å²) in [4.78, 5) is 12.5. The van der Waals surface area contributed by atoms with Crippen LogP contribution in [0.25, 0.3) is 0 Å². The molecule has 5 heteroatoms. The second kappa shape index (κ2) is 6.93. The van der Waals surface area contributed by atoms with E-state index in [2.05, 4.69) is 5.32 Å². The van der Waals surface area contributed by atoms with E-state index in [1.807, 2.05) is 48.5 Å². The van der Waals surface area contributed by atoms with Crippen LogP contribution in [-0.2, 0) is 16.9 Å². The first-order chi connectivity index (χ1) is 11.6. The third-order valence-corrected chi connectivity index (χ3v) is 4.11. The number of carbonyl (C=O) groups excluding carboxylic acids is 1. The summed E-state index contributed by atoms with van der Waals surface area (Å²) in [7, 11) is 0. The van der Waals surface area contributed by atoms with Gasteiger partial charge in [-0.2, -0.15) is 0 Å². The lowest BCUT2D eigenvalue weighted by Gasteiger charge is -2.24. The number of nitrogens with two attached hydrogens (primary N) is 1. The van der Waals surface area contributed by atoms with Crippen molar-refractivity contribution in [3.63, 3.8) is 0 Å². The molecule has 0 aromatic heterocycles. The van der Waals surface area contributed by atoms with Gasteiger partial charge >= 0.3 is 0 Å². The van der Waals surface area contributed by atoms with E-state index in [4.69, 9.17) is 15.2 Å². The molecule has 3 N–H and O–H groups in total. The first kappa shape index (κ1) is 16.3. The molecule has 0 spiro atoms. The van der Waals surface area contributed by atoms with Crippen LogP contribution in [0.4, 0.5) is 0 Å². The first-order valence-electron chi connectivity index (χ1n) is 8.08. The van der Waals surface area contributed by atoms with Gasteiger partial charge < -0.3 is 20.5 Å². The molecule has 0 radical (unpaired) electrons. The molecule has 1 heterocycles. The minimum atomic E-state index is -1.08. The van der Waals surface area contributed by atoms with E-state index in [0.717, 1.165) is 29.0 Å². The fraction of sp³-hybridized carbons (Fsp3) is 0.316. The van der Waals surface area contributed by atoms with Gasteiger partial charge in [-0.15, -0.1) is 0 Å². The standard InChI is InChI=1S/C19H22N2O3/c1-19(20,15-6-3-2-4-7-15)18(22)21-13-14-8-9-16-17(12-14)24-11-5-10-23-16/h2-4,6-9,12H,5,10-11,13,20H2,1H3,(H,21,22). The van der Waals surface area contributed by atoms with Crippen LogP contribution in [0.3, 0.4) is 0 Å². The van der Waals surface area contributed by atoms with Crippen LogP contribution in [0.5, 0.6) is 11.5 Å². The van der Waals surface area contributed by atoms with Gasteiger partial charge in [-0.25, -0.2) is 0 Å². The molecule has 2 aromatic rings. The molecule has 1 amide bonds. The van der Waals surface area contributed by atoms with Gasteiger partial charge in [-0.1, -0.05) is 36.4 Å². The fourth-order valence-electron chi connectivity index (χ4n) is 2.60. The van der Waals surface area contributed by atoms with Crippen LogP contribution in [0.15, 0.2) is 48.5 Å². The predicted octanol–water partition coefficient (Wildman–Crippen LogP) is 2.34. The molecule has 24 heavy (non-hydrogen) atoms. The van der Waals surface area contributed by atoms with Crippen LogP contribution in [0.1, 0.15) is 24.5 Å². The van der Waals surface area contributed by atoms with E-state index in [9.17, 15) is 4.79 Å². The topological polar surface area (TPSA) is 73.6 Å². The van der Waals surface area contributed by atoms with Crippen molar-refractivity contribution in [2.75, 3.05) is 13.2 Å². The summed E-state index contributed by atoms with van der Waals surface area (Å²) >= 11 is 0. The zero-order chi connectivity index (χ0) is 17.0. The molecule has 0 aliphatic carbocycles. The molecular formula is C19H22N2O3. The minimum Gasteiger partial charge on any atom is -0.490 e. The maximum absolute atomic E-state index is 12.5. The molecule has 0 fully saturated rings. The van der Waals surface area contributed by atoms with Crippen molar-refractivity contribution in [1.82, 2.24) is 5.32 Å². The molecule has 3 rings (SSSR count). The summed E-state index contributed by atoms with van der Waals surface area (Å²) in [6.07, 6.45) is 0.864. The highest BCUT2D eigenvalue weighted by Gasteiger charge is 2.30. The van der Waals surface area contributed by atoms with E-state index in [1.165, 1.54) is 0 Å². The number of benzene rings is 2. The van der Waals surface area contributed by atoms with E-state index < -0.39 is 5.54 Å². The van der Waals surface area contributed by atoms with Gasteiger partial charge in [0.05, 0.1) is 13.2 Å². The number of hydrogen-bond acceptors (Lipinski definition) is 4. The maximum atomic E-state index is 12.5. The number of fused-ring (bicyclic) bond motifs is 1. The summed E-state index contributed by atoms with van der Waals surface area (Å²) in [5.41, 5.74) is 6.86. The van der Waals surface area contributed by atoms with E-state index in [0.29, 0.717) is 19.8 Å². The van der Waals surface area contributed by atoms with Crippen molar-refractivity contribution in [2.24, 2.45) is 5.73 Å². The molecule has 1 aliphatic rings. The number of hydrogen-bond donors (Lipinski definition) is 2. The molecule has 2 aromatic carbocycles. The average Bonchev–Trinajstić information content (AvgIpc) is 2.85. The van der Waals surface area contributed by atoms with Crippen molar-refractivity contribution in [1.29, 1.82) is 0 Å². The lowest BCUT2D eigenvalue weighted by atomic mass is 9.92. The Balaban J connectivity index is 1.67. The van der Waals surface area contributed by atoms with E-state index >= 15 is 0 Å². The van der Waals surface area contributed by atoms with Crippen LogP contribution in [-0.4, -0.2) is 19.1 Å². The zero-order valence-electron chi connectivity index (χ0n) is 13.7. The Morgan fingerprint density at radius 3 is 2.58 bits per heavy atom. The Morgan fingerprint density at radius 1 is 1.12 bits per heavy atom. The molecule has 1 aliphatic heterocycles. The largest absolute Gasteiger partial charge is 0.490 e. The quantitative estimate of drug-likeness (QED) is 0.904. The number of amides is 1. The Kier molecular flexibility index (Phi) is 4.71. The summed E-state index contributed by atoms with van der Waals surface area (Å²) in [5.74, 6) is 1.24. The van der Waals surface area contributed by atoms with E-state index in [1.54, 1.807) is 6.92 Å². The number of nitrogens with one attached hydrogen (secondary N) is 1. The fourth-order valence-corrected chi connectivity index (χ4v) is 2.60. The van der Waals surface area contributed by atoms with Gasteiger partial charge in [0.2, 0.25) is 5.91 Å². The SMILES string of the molecule is CC(N)(C(=O)NCc1ccc2c(c1)OCCCO2)c1ccccc1. The summed E-state index contributed by atoms with van der Waals surface area (Å²) < 4.78 is 11.3. The number of ether oxygens (including phenoxy) is 2. The summed E-state index contributed by atoms with van der Waals surface area (Å²) in [6, 6.07) is 15.0. The Hall–Kier alpha value is -2.53. The van der Waals surface area contributed by atoms with Gasteiger partial charge in [0, 0.05) is 13.0 Å². The normalized spacial score (nSPS) is 15.9. The number of carbonyl (C=O) groups is 1. The lowest BCUT2D eigenvalue weighted by molar-refractivity contribution is -0.126. The monoisotopic (exact) mass is 326 g/mol. The highest BCUT2D eigenvalue weighted by Crippen LogP contribution is 2.30. The number of rotatable bonds is 4. The summed E-state index contributed by atoms with van der Waals surface area (Å²) in [5, 5.41) is 2.90. The van der Waals surface area contributed by atoms with Gasteiger partial charge in [-0.3, -0.25) is 4.79 Å². The van der Waals surface area contributed by atoms with Crippen molar-refractivity contribution in [2.45, 2.75) is 25.4 Å². The Bertz CT molecular complexity index is 714. The first-order valence-corrected chi connectivity index (χ1v) is 8.08. The van der Waals surface area contributed by atoms with Gasteiger partial charge in [0.1, 0.15) is 5.54 Å². The van der Waals surface area contributed by atoms with Gasteiger partial charge in [-0.05, 0) is 30.2 Å². The predicted molar refractivity (Wildman–Crippen MR) is 91.9 cm³/mol. The maximum Gasteiger partial charge on any atom is 0.244 e. The molecule has 5 nitrogen and oxygen atoms in total. The van der Waals surface area contributed by atoms with Crippen LogP contribution >= 0.6 is 0 Å². The van der Waals surface area contributed by atoms with Crippen LogP contribution in [0, 0.1) is 0 Å². The molecule has 0 saturated carbocycles. The van der Waals surface area contributed by atoms with Crippen molar-refractivity contribution < 1.29 is 14.3 Å². The second-order valence-electron chi connectivity index (χ2n) is 6.08. The highest BCUT2D eigenvalue weighted by atomic mass is 16.5. The summed E-state index contributed by atoms with van der Waals surface area (Å²) in [6.45, 7) is 3.39. The van der Waals surface area contributed by atoms with Crippen LogP contribution < -0.4 is 20.5 Å². The molecular weight excluding hydrogens is 304 g/mol. The third kappa shape index (κ3) is 3.51. The van der Waals surface area contributed by atoms with Crippen molar-refractivity contribution >= 4 is 5.91 Å². The zero-order valence-corrected chi connectivity index (χ0v) is 13.7. The smallest absolute Gasteiger partial charge is 0.244 e. The molecule has 1 unspecified atom stereocenters. The lowest BCUT2D eigenvalue weighted by Crippen LogP contribution is -2.48. The Labute approximate surface area is 141 Å². The van der Waals surface area contributed by atoms with Gasteiger partial charge in [0.15, 0.2) is 11.5 Å². The van der Waals surface area contributed by atoms with Crippen molar-refractivity contribution in [3.05, 3.63) is 59.7 Å². The minimum absolute atomic E-state index is 0.221. The Morgan fingerprint density at radius 2 is 1.83 bits per heavy atom. The molecule has 126 valence electrons. The molecule has 0 bridgehead atoms. The van der Waals surface area contributed by atoms with Crippen molar-refractivity contribution in [3.8, 4) is 11.5 Å². The highest BCUT2D eigenvalue weighted by molar-refractivity contribution is 5.86. The van der Waals surface area contributed by atoms with Gasteiger partial charge in [0.25, 0.3) is 0 Å². The third-order valence-electron chi connectivity index (χ3n) is 4.11.